The molecule has 2 aromatic rings. The fourth-order valence-electron chi connectivity index (χ4n) is 5.44. The van der Waals surface area contributed by atoms with Crippen LogP contribution in [0.2, 0.25) is 0 Å². The maximum atomic E-state index is 13.4. The first-order valence-corrected chi connectivity index (χ1v) is 19.3. The molecule has 0 aromatic heterocycles. The van der Waals surface area contributed by atoms with Crippen LogP contribution in [-0.2, 0) is 18.9 Å². The molecule has 0 unspecified atom stereocenters. The van der Waals surface area contributed by atoms with Crippen molar-refractivity contribution in [1.82, 2.24) is 21.3 Å². The number of amides is 4. The lowest BCUT2D eigenvalue weighted by Crippen LogP contribution is -2.35. The lowest BCUT2D eigenvalue weighted by molar-refractivity contribution is -0.316. The van der Waals surface area contributed by atoms with Crippen LogP contribution in [0.15, 0.2) is 60.0 Å². The standard InChI is InChI=1S/C40H58N6O10/c1-5-17-41-37(49)53-25-21-45(22-26-54-38(50)42-18-6-2)31-13-9-29(10-14-31)33-35(47)34(36(33)48)30-11-15-32(16-12-30)46(23-27-55-39(51)43-19-7-3)24-28-56-40(52)44-20-8-4/h9-16,47-48H,5-8,17-28H2,1-4H3,(H,41,49)(H,42,50)(H,43,51)(H,44,52)/p-2. The Hall–Kier alpha value is -5.80. The number of benzene rings is 2. The average molecular weight is 781 g/mol. The van der Waals surface area contributed by atoms with Crippen LogP contribution in [0.25, 0.3) is 11.1 Å². The minimum absolute atomic E-state index is 0.0765. The Bertz CT molecular complexity index is 1430. The Balaban J connectivity index is 1.69. The zero-order valence-electron chi connectivity index (χ0n) is 32.9. The summed E-state index contributed by atoms with van der Waals surface area (Å²) in [4.78, 5) is 51.6. The highest BCUT2D eigenvalue weighted by atomic mass is 16.6. The summed E-state index contributed by atoms with van der Waals surface area (Å²) in [5.74, 6) is -0.750. The number of hydrogen-bond donors (Lipinski definition) is 4. The molecule has 0 heterocycles. The molecule has 4 N–H and O–H groups in total. The number of nitrogens with one attached hydrogen (secondary N) is 4. The van der Waals surface area contributed by atoms with Crippen LogP contribution in [0.1, 0.15) is 64.5 Å². The Labute approximate surface area is 329 Å². The lowest BCUT2D eigenvalue weighted by atomic mass is 9.84. The summed E-state index contributed by atoms with van der Waals surface area (Å²) < 4.78 is 21.2. The number of carbonyl (C=O) groups is 4. The van der Waals surface area contributed by atoms with Crippen molar-refractivity contribution in [3.63, 3.8) is 0 Å². The first-order valence-electron chi connectivity index (χ1n) is 19.3. The third-order valence-electron chi connectivity index (χ3n) is 8.41. The second kappa shape index (κ2) is 24.6. The van der Waals surface area contributed by atoms with Crippen molar-refractivity contribution >= 4 is 46.9 Å². The van der Waals surface area contributed by atoms with E-state index in [9.17, 15) is 29.4 Å². The summed E-state index contributed by atoms with van der Waals surface area (Å²) >= 11 is 0. The van der Waals surface area contributed by atoms with Crippen molar-refractivity contribution in [2.24, 2.45) is 0 Å². The number of nitrogens with zero attached hydrogens (tertiary/aromatic N) is 2. The van der Waals surface area contributed by atoms with Gasteiger partial charge < -0.3 is 60.2 Å². The Morgan fingerprint density at radius 2 is 0.714 bits per heavy atom. The van der Waals surface area contributed by atoms with E-state index in [2.05, 4.69) is 21.3 Å². The Kier molecular flexibility index (Phi) is 19.6. The Morgan fingerprint density at radius 1 is 0.464 bits per heavy atom. The summed E-state index contributed by atoms with van der Waals surface area (Å²) in [6.45, 7) is 11.3. The monoisotopic (exact) mass is 780 g/mol. The summed E-state index contributed by atoms with van der Waals surface area (Å²) in [6.07, 6.45) is 1.01. The van der Waals surface area contributed by atoms with Crippen LogP contribution in [0.4, 0.5) is 30.6 Å². The van der Waals surface area contributed by atoms with Gasteiger partial charge in [0.05, 0.1) is 26.2 Å². The van der Waals surface area contributed by atoms with Crippen LogP contribution in [0.3, 0.4) is 0 Å². The maximum Gasteiger partial charge on any atom is 0.407 e. The minimum Gasteiger partial charge on any atom is -0.872 e. The second-order valence-corrected chi connectivity index (χ2v) is 12.7. The van der Waals surface area contributed by atoms with E-state index in [0.717, 1.165) is 25.7 Å². The van der Waals surface area contributed by atoms with Crippen molar-refractivity contribution in [3.8, 4) is 0 Å². The molecular weight excluding hydrogens is 724 g/mol. The van der Waals surface area contributed by atoms with Crippen molar-refractivity contribution in [1.29, 1.82) is 0 Å². The first kappa shape index (κ1) is 44.6. The van der Waals surface area contributed by atoms with Gasteiger partial charge in [-0.25, -0.2) is 19.2 Å². The number of alkyl carbamates (subject to hydrolysis) is 4. The highest BCUT2D eigenvalue weighted by Crippen LogP contribution is 2.42. The van der Waals surface area contributed by atoms with Crippen molar-refractivity contribution < 1.29 is 48.3 Å². The number of carbonyl (C=O) groups excluding carboxylic acids is 4. The van der Waals surface area contributed by atoms with Gasteiger partial charge in [0.15, 0.2) is 0 Å². The molecule has 16 nitrogen and oxygen atoms in total. The summed E-state index contributed by atoms with van der Waals surface area (Å²) in [5.41, 5.74) is 2.51. The minimum atomic E-state index is -0.522. The van der Waals surface area contributed by atoms with Crippen LogP contribution in [0, 0.1) is 0 Å². The van der Waals surface area contributed by atoms with Crippen LogP contribution < -0.4 is 41.3 Å². The molecule has 1 aliphatic rings. The SMILES string of the molecule is CCCNC(=O)OCCN(CCOC(=O)NCCC)c1ccc(C2=C([O-])C(c3ccc(N(CCOC(=O)NCCC)CCOC(=O)NCCC)cc3)=C2[O-])cc1. The fourth-order valence-corrected chi connectivity index (χ4v) is 5.44. The quantitative estimate of drug-likeness (QED) is 0.113. The van der Waals surface area contributed by atoms with Crippen LogP contribution in [0.5, 0.6) is 0 Å². The van der Waals surface area contributed by atoms with Gasteiger partial charge in [-0.1, -0.05) is 63.5 Å². The highest BCUT2D eigenvalue weighted by molar-refractivity contribution is 6.05. The van der Waals surface area contributed by atoms with Gasteiger partial charge in [0, 0.05) is 37.6 Å². The largest absolute Gasteiger partial charge is 0.872 e. The fraction of sp³-hybridized carbons (Fsp3) is 0.500. The predicted molar refractivity (Wildman–Crippen MR) is 210 cm³/mol. The van der Waals surface area contributed by atoms with Gasteiger partial charge in [-0.3, -0.25) is 0 Å². The van der Waals surface area contributed by atoms with E-state index < -0.39 is 24.4 Å². The molecule has 0 bridgehead atoms. The third-order valence-corrected chi connectivity index (χ3v) is 8.41. The molecule has 0 saturated carbocycles. The van der Waals surface area contributed by atoms with Crippen molar-refractivity contribution in [2.75, 3.05) is 88.6 Å². The van der Waals surface area contributed by atoms with Gasteiger partial charge in [0.2, 0.25) is 0 Å². The second-order valence-electron chi connectivity index (χ2n) is 12.7. The molecule has 0 atom stereocenters. The molecule has 1 aliphatic carbocycles. The van der Waals surface area contributed by atoms with E-state index in [1.165, 1.54) is 0 Å². The molecule has 0 radical (unpaired) electrons. The van der Waals surface area contributed by atoms with E-state index in [1.807, 2.05) is 37.5 Å². The number of anilines is 2. The zero-order chi connectivity index (χ0) is 40.7. The first-order chi connectivity index (χ1) is 27.1. The molecule has 4 amide bonds. The molecule has 0 spiro atoms. The number of ether oxygens (including phenoxy) is 4. The van der Waals surface area contributed by atoms with Crippen molar-refractivity contribution in [2.45, 2.75) is 53.4 Å². The van der Waals surface area contributed by atoms with Crippen LogP contribution >= 0.6 is 0 Å². The third kappa shape index (κ3) is 14.5. The molecule has 3 rings (SSSR count). The van der Waals surface area contributed by atoms with Crippen molar-refractivity contribution in [3.05, 3.63) is 71.2 Å². The van der Waals surface area contributed by atoms with E-state index in [-0.39, 0.29) is 49.1 Å². The predicted octanol–water partition coefficient (Wildman–Crippen LogP) is 3.70. The number of allylic oxidation sites excluding steroid dienone is 2. The van der Waals surface area contributed by atoms with E-state index in [0.29, 0.717) is 74.9 Å². The molecule has 16 heteroatoms. The van der Waals surface area contributed by atoms with Gasteiger partial charge in [0.1, 0.15) is 26.4 Å². The van der Waals surface area contributed by atoms with Crippen LogP contribution in [-0.4, -0.2) is 103 Å². The van der Waals surface area contributed by atoms with Gasteiger partial charge in [-0.15, -0.1) is 0 Å². The normalized spacial score (nSPS) is 11.9. The van der Waals surface area contributed by atoms with Gasteiger partial charge in [0.25, 0.3) is 0 Å². The average Bonchev–Trinajstić information content (AvgIpc) is 3.20. The lowest BCUT2D eigenvalue weighted by Gasteiger charge is -2.40. The van der Waals surface area contributed by atoms with E-state index in [4.69, 9.17) is 18.9 Å². The summed E-state index contributed by atoms with van der Waals surface area (Å²) in [7, 11) is 0. The maximum absolute atomic E-state index is 13.4. The van der Waals surface area contributed by atoms with Gasteiger partial charge >= 0.3 is 24.4 Å². The van der Waals surface area contributed by atoms with E-state index in [1.54, 1.807) is 48.5 Å². The summed E-state index contributed by atoms with van der Waals surface area (Å²) in [5, 5.41) is 37.4. The molecular formula is C40H56N6O10-2. The zero-order valence-corrected chi connectivity index (χ0v) is 32.9. The molecule has 308 valence electrons. The number of rotatable bonds is 24. The molecule has 56 heavy (non-hydrogen) atoms. The Morgan fingerprint density at radius 3 is 0.946 bits per heavy atom. The van der Waals surface area contributed by atoms with Gasteiger partial charge in [-0.2, -0.15) is 0 Å². The topological polar surface area (TPSA) is 206 Å². The highest BCUT2D eigenvalue weighted by Gasteiger charge is 2.20. The summed E-state index contributed by atoms with van der Waals surface area (Å²) in [6, 6.07) is 13.8. The number of hydrogen-bond acceptors (Lipinski definition) is 12. The molecule has 0 saturated heterocycles. The van der Waals surface area contributed by atoms with Gasteiger partial charge in [-0.05, 0) is 72.2 Å². The molecule has 0 aliphatic heterocycles. The van der Waals surface area contributed by atoms with E-state index >= 15 is 0 Å². The molecule has 0 fully saturated rings. The molecule has 2 aromatic carbocycles. The smallest absolute Gasteiger partial charge is 0.407 e.